The predicted molar refractivity (Wildman–Crippen MR) is 132 cm³/mol. The molecule has 0 spiro atoms. The van der Waals surface area contributed by atoms with Gasteiger partial charge in [0.05, 0.1) is 22.2 Å². The van der Waals surface area contributed by atoms with Crippen LogP contribution < -0.4 is 5.32 Å². The van der Waals surface area contributed by atoms with Crippen molar-refractivity contribution in [3.8, 4) is 0 Å². The van der Waals surface area contributed by atoms with Crippen LogP contribution in [0.25, 0.3) is 16.5 Å². The molecular weight excluding hydrogens is 499 g/mol. The number of hydrogen-bond donors (Lipinski definition) is 2. The highest BCUT2D eigenvalue weighted by Crippen LogP contribution is 2.41. The van der Waals surface area contributed by atoms with Gasteiger partial charge in [0, 0.05) is 29.5 Å². The highest BCUT2D eigenvalue weighted by atomic mass is 35.5. The zero-order valence-electron chi connectivity index (χ0n) is 18.6. The highest BCUT2D eigenvalue weighted by molar-refractivity contribution is 8.18. The number of hydrogen-bond acceptors (Lipinski definition) is 5. The number of thioether (sulfide) groups is 1. The number of nitrogens with one attached hydrogen (secondary N) is 2. The number of aromatic amines is 1. The molecule has 35 heavy (non-hydrogen) atoms. The fourth-order valence-electron chi connectivity index (χ4n) is 4.39. The number of amides is 1. The van der Waals surface area contributed by atoms with E-state index in [2.05, 4.69) is 20.5 Å². The van der Waals surface area contributed by atoms with Crippen LogP contribution in [0.2, 0.25) is 5.02 Å². The number of halogens is 4. The van der Waals surface area contributed by atoms with Gasteiger partial charge >= 0.3 is 6.18 Å². The number of fused-ring (bicyclic) bond motifs is 1. The zero-order chi connectivity index (χ0) is 24.7. The topological polar surface area (TPSA) is 73.4 Å². The van der Waals surface area contributed by atoms with E-state index in [4.69, 9.17) is 11.6 Å². The molecule has 0 aliphatic carbocycles. The molecule has 1 saturated heterocycles. The lowest BCUT2D eigenvalue weighted by Gasteiger charge is -2.18. The van der Waals surface area contributed by atoms with Crippen LogP contribution in [0.1, 0.15) is 23.1 Å². The summed E-state index contributed by atoms with van der Waals surface area (Å²) < 4.78 is 41.5. The number of alkyl halides is 3. The number of carbonyl (C=O) groups is 1. The molecule has 2 aromatic carbocycles. The van der Waals surface area contributed by atoms with Gasteiger partial charge < -0.3 is 10.2 Å². The van der Waals surface area contributed by atoms with Crippen molar-refractivity contribution in [3.05, 3.63) is 69.2 Å². The van der Waals surface area contributed by atoms with Crippen molar-refractivity contribution in [2.24, 2.45) is 4.99 Å². The summed E-state index contributed by atoms with van der Waals surface area (Å²) in [5.74, 6) is -0.442. The fourth-order valence-corrected chi connectivity index (χ4v) is 5.62. The van der Waals surface area contributed by atoms with Crippen LogP contribution in [0.3, 0.4) is 0 Å². The van der Waals surface area contributed by atoms with Gasteiger partial charge in [-0.2, -0.15) is 23.3 Å². The third-order valence-corrected chi connectivity index (χ3v) is 7.65. The molecule has 3 aromatic rings. The summed E-state index contributed by atoms with van der Waals surface area (Å²) >= 11 is 7.11. The van der Waals surface area contributed by atoms with Gasteiger partial charge in [0.2, 0.25) is 0 Å². The number of likely N-dealkylation sites (tertiary alicyclic amines) is 1. The van der Waals surface area contributed by atoms with Crippen LogP contribution >= 0.6 is 23.4 Å². The SMILES string of the molecule is CNC1CCN(C2=NC(=O)C(=C(Cc3ccc(Cl)cc3C(F)(F)F)c3ccc4[nH]ncc4c3)S2)C1. The number of carbonyl (C=O) groups excluding carboxylic acids is 1. The van der Waals surface area contributed by atoms with Crippen molar-refractivity contribution >= 4 is 50.9 Å². The second-order valence-corrected chi connectivity index (χ2v) is 9.89. The van der Waals surface area contributed by atoms with Crippen LogP contribution in [0.4, 0.5) is 13.2 Å². The van der Waals surface area contributed by atoms with E-state index < -0.39 is 17.6 Å². The summed E-state index contributed by atoms with van der Waals surface area (Å²) in [7, 11) is 1.89. The lowest BCUT2D eigenvalue weighted by molar-refractivity contribution is -0.138. The van der Waals surface area contributed by atoms with Gasteiger partial charge in [-0.25, -0.2) is 0 Å². The molecule has 5 rings (SSSR count). The zero-order valence-corrected chi connectivity index (χ0v) is 20.2. The van der Waals surface area contributed by atoms with E-state index in [1.807, 2.05) is 18.0 Å². The Kier molecular flexibility index (Phi) is 6.37. The quantitative estimate of drug-likeness (QED) is 0.469. The minimum atomic E-state index is -4.59. The Morgan fingerprint density at radius 2 is 2.11 bits per heavy atom. The molecule has 3 heterocycles. The van der Waals surface area contributed by atoms with Crippen molar-refractivity contribution in [1.82, 2.24) is 20.4 Å². The molecule has 2 N–H and O–H groups in total. The summed E-state index contributed by atoms with van der Waals surface area (Å²) in [4.78, 5) is 19.7. The van der Waals surface area contributed by atoms with Gasteiger partial charge in [0.25, 0.3) is 5.91 Å². The monoisotopic (exact) mass is 519 g/mol. The van der Waals surface area contributed by atoms with Gasteiger partial charge in [0.15, 0.2) is 5.17 Å². The second kappa shape index (κ2) is 9.33. The van der Waals surface area contributed by atoms with Crippen molar-refractivity contribution in [2.45, 2.75) is 25.1 Å². The first-order valence-electron chi connectivity index (χ1n) is 11.0. The molecule has 1 fully saturated rings. The minimum absolute atomic E-state index is 0.000142. The highest BCUT2D eigenvalue weighted by Gasteiger charge is 2.36. The summed E-state index contributed by atoms with van der Waals surface area (Å²) in [6.07, 6.45) is -2.13. The third kappa shape index (κ3) is 4.82. The molecule has 1 amide bonds. The van der Waals surface area contributed by atoms with E-state index in [9.17, 15) is 18.0 Å². The Labute approximate surface area is 208 Å². The number of rotatable bonds is 4. The van der Waals surface area contributed by atoms with Gasteiger partial charge in [-0.3, -0.25) is 9.89 Å². The molecule has 1 atom stereocenters. The standard InChI is InChI=1S/C24H21ClF3N5OS/c1-29-17-6-7-33(12-17)23-31-22(34)21(35-23)18(13-3-5-20-15(8-13)11-30-32-20)9-14-2-4-16(25)10-19(14)24(26,27)28/h2-5,8,10-11,17,29H,6-7,9,12H2,1H3,(H,30,32). The average molecular weight is 520 g/mol. The van der Waals surface area contributed by atoms with Gasteiger partial charge in [-0.15, -0.1) is 0 Å². The number of aliphatic imine (C=N–C) groups is 1. The molecule has 1 aromatic heterocycles. The van der Waals surface area contributed by atoms with Gasteiger partial charge in [-0.05, 0) is 72.6 Å². The van der Waals surface area contributed by atoms with Crippen molar-refractivity contribution in [1.29, 1.82) is 0 Å². The van der Waals surface area contributed by atoms with E-state index in [1.165, 1.54) is 23.9 Å². The van der Waals surface area contributed by atoms with Crippen LogP contribution in [0.5, 0.6) is 0 Å². The van der Waals surface area contributed by atoms with Crippen molar-refractivity contribution in [3.63, 3.8) is 0 Å². The number of nitrogens with zero attached hydrogens (tertiary/aromatic N) is 3. The Balaban J connectivity index is 1.58. The summed E-state index contributed by atoms with van der Waals surface area (Å²) in [5.41, 5.74) is 1.14. The number of allylic oxidation sites excluding steroid dienone is 1. The normalized spacial score (nSPS) is 20.1. The molecular formula is C24H21ClF3N5OS. The average Bonchev–Trinajstić information content (AvgIpc) is 3.56. The molecule has 2 aliphatic rings. The molecule has 11 heteroatoms. The molecule has 0 radical (unpaired) electrons. The molecule has 1 unspecified atom stereocenters. The fraction of sp³-hybridized carbons (Fsp3) is 0.292. The van der Waals surface area contributed by atoms with Crippen LogP contribution in [-0.4, -0.2) is 52.4 Å². The predicted octanol–water partition coefficient (Wildman–Crippen LogP) is 5.11. The number of amidine groups is 1. The van der Waals surface area contributed by atoms with Gasteiger partial charge in [0.1, 0.15) is 0 Å². The minimum Gasteiger partial charge on any atom is -0.349 e. The summed E-state index contributed by atoms with van der Waals surface area (Å²) in [6.45, 7) is 1.47. The summed E-state index contributed by atoms with van der Waals surface area (Å²) in [6, 6.07) is 9.43. The molecule has 6 nitrogen and oxygen atoms in total. The van der Waals surface area contributed by atoms with E-state index in [0.717, 1.165) is 29.9 Å². The maximum absolute atomic E-state index is 13.8. The smallest absolute Gasteiger partial charge is 0.349 e. The number of aromatic nitrogens is 2. The maximum Gasteiger partial charge on any atom is 0.416 e. The molecule has 0 bridgehead atoms. The van der Waals surface area contributed by atoms with E-state index in [-0.39, 0.29) is 17.0 Å². The Morgan fingerprint density at radius 1 is 1.29 bits per heavy atom. The number of benzene rings is 2. The Morgan fingerprint density at radius 3 is 2.86 bits per heavy atom. The second-order valence-electron chi connectivity index (χ2n) is 8.48. The van der Waals surface area contributed by atoms with Crippen molar-refractivity contribution < 1.29 is 18.0 Å². The van der Waals surface area contributed by atoms with Gasteiger partial charge in [-0.1, -0.05) is 23.7 Å². The first-order chi connectivity index (χ1) is 16.7. The van der Waals surface area contributed by atoms with Crippen LogP contribution in [0.15, 0.2) is 52.5 Å². The Hall–Kier alpha value is -2.82. The molecule has 0 saturated carbocycles. The number of H-pyrrole nitrogens is 1. The van der Waals surface area contributed by atoms with Crippen molar-refractivity contribution in [2.75, 3.05) is 20.1 Å². The van der Waals surface area contributed by atoms with E-state index in [0.29, 0.717) is 33.8 Å². The van der Waals surface area contributed by atoms with Crippen LogP contribution in [0, 0.1) is 0 Å². The van der Waals surface area contributed by atoms with E-state index in [1.54, 1.807) is 18.3 Å². The lowest BCUT2D eigenvalue weighted by Crippen LogP contribution is -2.31. The Bertz CT molecular complexity index is 1370. The summed E-state index contributed by atoms with van der Waals surface area (Å²) in [5, 5.41) is 11.5. The number of likely N-dealkylation sites (N-methyl/N-ethyl adjacent to an activating group) is 1. The first kappa shape index (κ1) is 23.9. The van der Waals surface area contributed by atoms with E-state index >= 15 is 0 Å². The molecule has 2 aliphatic heterocycles. The first-order valence-corrected chi connectivity index (χ1v) is 12.2. The maximum atomic E-state index is 13.8. The largest absolute Gasteiger partial charge is 0.416 e. The van der Waals surface area contributed by atoms with Crippen LogP contribution in [-0.2, 0) is 17.4 Å². The molecule has 182 valence electrons. The lowest BCUT2D eigenvalue weighted by atomic mass is 9.93. The third-order valence-electron chi connectivity index (χ3n) is 6.26.